The average molecular weight is 251 g/mol. The van der Waals surface area contributed by atoms with Crippen LogP contribution in [0.5, 0.6) is 0 Å². The van der Waals surface area contributed by atoms with Crippen LogP contribution in [0.1, 0.15) is 23.2 Å². The summed E-state index contributed by atoms with van der Waals surface area (Å²) in [4.78, 5) is 29.8. The molecule has 1 fully saturated rings. The van der Waals surface area contributed by atoms with Crippen LogP contribution in [-0.4, -0.2) is 45.7 Å². The lowest BCUT2D eigenvalue weighted by atomic mass is 10.2. The van der Waals surface area contributed by atoms with Crippen LogP contribution in [0.25, 0.3) is 0 Å². The van der Waals surface area contributed by atoms with Crippen molar-refractivity contribution in [3.8, 4) is 0 Å². The van der Waals surface area contributed by atoms with Gasteiger partial charge in [-0.15, -0.1) is 0 Å². The maximum atomic E-state index is 11.7. The van der Waals surface area contributed by atoms with Crippen LogP contribution in [0.15, 0.2) is 18.7 Å². The second-order valence-electron chi connectivity index (χ2n) is 4.00. The number of hydrogen-bond acceptors (Lipinski definition) is 5. The highest BCUT2D eigenvalue weighted by atomic mass is 16.5. The van der Waals surface area contributed by atoms with E-state index in [2.05, 4.69) is 15.3 Å². The number of rotatable bonds is 4. The fraction of sp³-hybridized carbons (Fsp3) is 0.455. The van der Waals surface area contributed by atoms with Crippen molar-refractivity contribution in [1.29, 1.82) is 0 Å². The smallest absolute Gasteiger partial charge is 0.332 e. The van der Waals surface area contributed by atoms with E-state index in [1.807, 2.05) is 0 Å². The van der Waals surface area contributed by atoms with Gasteiger partial charge in [0, 0.05) is 18.9 Å². The average Bonchev–Trinajstić information content (AvgIpc) is 2.86. The Hall–Kier alpha value is -2.02. The zero-order valence-corrected chi connectivity index (χ0v) is 9.57. The first kappa shape index (κ1) is 12.4. The SMILES string of the molecule is O=C(NCC1CCC(C(=O)O)O1)c1cncnc1. The molecule has 0 aromatic carbocycles. The van der Waals surface area contributed by atoms with Crippen molar-refractivity contribution in [3.63, 3.8) is 0 Å². The van der Waals surface area contributed by atoms with E-state index >= 15 is 0 Å². The van der Waals surface area contributed by atoms with Gasteiger partial charge in [0.25, 0.3) is 5.91 Å². The number of carboxylic acid groups (broad SMARTS) is 1. The van der Waals surface area contributed by atoms with Gasteiger partial charge in [-0.25, -0.2) is 14.8 Å². The second kappa shape index (κ2) is 5.54. The Morgan fingerprint density at radius 2 is 2.11 bits per heavy atom. The molecule has 2 N–H and O–H groups in total. The second-order valence-corrected chi connectivity index (χ2v) is 4.00. The number of aliphatic carboxylic acids is 1. The molecule has 0 bridgehead atoms. The van der Waals surface area contributed by atoms with Crippen LogP contribution in [0.2, 0.25) is 0 Å². The topological polar surface area (TPSA) is 101 Å². The standard InChI is InChI=1S/C11H13N3O4/c15-10(7-3-12-6-13-4-7)14-5-8-1-2-9(18-8)11(16)17/h3-4,6,8-9H,1-2,5H2,(H,14,15)(H,16,17). The van der Waals surface area contributed by atoms with E-state index < -0.39 is 12.1 Å². The van der Waals surface area contributed by atoms with Crippen LogP contribution in [0.4, 0.5) is 0 Å². The number of nitrogens with one attached hydrogen (secondary N) is 1. The van der Waals surface area contributed by atoms with Crippen molar-refractivity contribution in [1.82, 2.24) is 15.3 Å². The minimum Gasteiger partial charge on any atom is -0.479 e. The molecule has 1 aliphatic heterocycles. The van der Waals surface area contributed by atoms with Gasteiger partial charge in [-0.2, -0.15) is 0 Å². The van der Waals surface area contributed by atoms with Gasteiger partial charge >= 0.3 is 5.97 Å². The highest BCUT2D eigenvalue weighted by Crippen LogP contribution is 2.19. The molecule has 2 rings (SSSR count). The minimum atomic E-state index is -0.958. The monoisotopic (exact) mass is 251 g/mol. The van der Waals surface area contributed by atoms with Crippen LogP contribution >= 0.6 is 0 Å². The number of carboxylic acids is 1. The molecule has 2 heterocycles. The molecule has 2 unspecified atom stereocenters. The molecule has 7 nitrogen and oxygen atoms in total. The van der Waals surface area contributed by atoms with Gasteiger partial charge in [0.05, 0.1) is 11.7 Å². The highest BCUT2D eigenvalue weighted by Gasteiger charge is 2.30. The molecular weight excluding hydrogens is 238 g/mol. The van der Waals surface area contributed by atoms with Crippen molar-refractivity contribution < 1.29 is 19.4 Å². The fourth-order valence-electron chi connectivity index (χ4n) is 1.76. The largest absolute Gasteiger partial charge is 0.479 e. The van der Waals surface area contributed by atoms with Gasteiger partial charge in [0.2, 0.25) is 0 Å². The Kier molecular flexibility index (Phi) is 3.83. The maximum absolute atomic E-state index is 11.7. The van der Waals surface area contributed by atoms with E-state index in [0.29, 0.717) is 18.4 Å². The van der Waals surface area contributed by atoms with Gasteiger partial charge in [-0.3, -0.25) is 4.79 Å². The first-order valence-electron chi connectivity index (χ1n) is 5.58. The molecule has 0 saturated carbocycles. The predicted octanol–water partition coefficient (Wildman–Crippen LogP) is -0.161. The minimum absolute atomic E-state index is 0.250. The van der Waals surface area contributed by atoms with Crippen molar-refractivity contribution in [2.45, 2.75) is 25.0 Å². The number of hydrogen-bond donors (Lipinski definition) is 2. The van der Waals surface area contributed by atoms with E-state index in [4.69, 9.17) is 9.84 Å². The lowest BCUT2D eigenvalue weighted by Crippen LogP contribution is -2.33. The molecular formula is C11H13N3O4. The summed E-state index contributed by atoms with van der Waals surface area (Å²) in [5.74, 6) is -1.25. The summed E-state index contributed by atoms with van der Waals surface area (Å²) in [5.41, 5.74) is 0.366. The lowest BCUT2D eigenvalue weighted by molar-refractivity contribution is -0.149. The number of aromatic nitrogens is 2. The molecule has 2 atom stereocenters. The quantitative estimate of drug-likeness (QED) is 0.771. The summed E-state index contributed by atoms with van der Waals surface area (Å²) in [6.45, 7) is 0.289. The summed E-state index contributed by atoms with van der Waals surface area (Å²) < 4.78 is 5.26. The lowest BCUT2D eigenvalue weighted by Gasteiger charge is -2.12. The molecule has 1 aromatic heterocycles. The predicted molar refractivity (Wildman–Crippen MR) is 59.9 cm³/mol. The van der Waals surface area contributed by atoms with Crippen LogP contribution < -0.4 is 5.32 Å². The van der Waals surface area contributed by atoms with Crippen LogP contribution in [0.3, 0.4) is 0 Å². The van der Waals surface area contributed by atoms with Gasteiger partial charge in [-0.1, -0.05) is 0 Å². The van der Waals surface area contributed by atoms with Crippen molar-refractivity contribution in [2.24, 2.45) is 0 Å². The summed E-state index contributed by atoms with van der Waals surface area (Å²) in [6, 6.07) is 0. The van der Waals surface area contributed by atoms with Gasteiger partial charge in [0.15, 0.2) is 6.10 Å². The number of carbonyl (C=O) groups excluding carboxylic acids is 1. The van der Waals surface area contributed by atoms with Crippen LogP contribution in [-0.2, 0) is 9.53 Å². The molecule has 1 aliphatic rings. The summed E-state index contributed by atoms with van der Waals surface area (Å²) in [5, 5.41) is 11.4. The Morgan fingerprint density at radius 1 is 1.39 bits per heavy atom. The van der Waals surface area contributed by atoms with Crippen molar-refractivity contribution in [2.75, 3.05) is 6.54 Å². The maximum Gasteiger partial charge on any atom is 0.332 e. The van der Waals surface area contributed by atoms with E-state index in [1.165, 1.54) is 18.7 Å². The van der Waals surface area contributed by atoms with E-state index in [9.17, 15) is 9.59 Å². The molecule has 0 spiro atoms. The molecule has 1 aromatic rings. The Balaban J connectivity index is 1.79. The Morgan fingerprint density at radius 3 is 2.72 bits per heavy atom. The number of ether oxygens (including phenoxy) is 1. The summed E-state index contributed by atoms with van der Waals surface area (Å²) in [6.07, 6.45) is 4.27. The van der Waals surface area contributed by atoms with E-state index in [-0.39, 0.29) is 18.6 Å². The Bertz CT molecular complexity index is 437. The first-order valence-corrected chi connectivity index (χ1v) is 5.58. The van der Waals surface area contributed by atoms with E-state index in [1.54, 1.807) is 0 Å². The summed E-state index contributed by atoms with van der Waals surface area (Å²) in [7, 11) is 0. The number of nitrogens with zero attached hydrogens (tertiary/aromatic N) is 2. The molecule has 7 heteroatoms. The molecule has 1 amide bonds. The molecule has 0 radical (unpaired) electrons. The zero-order valence-electron chi connectivity index (χ0n) is 9.57. The number of carbonyl (C=O) groups is 2. The third-order valence-electron chi connectivity index (χ3n) is 2.70. The van der Waals surface area contributed by atoms with Gasteiger partial charge in [0.1, 0.15) is 6.33 Å². The summed E-state index contributed by atoms with van der Waals surface area (Å²) >= 11 is 0. The highest BCUT2D eigenvalue weighted by molar-refractivity contribution is 5.93. The van der Waals surface area contributed by atoms with Gasteiger partial charge < -0.3 is 15.2 Å². The van der Waals surface area contributed by atoms with Gasteiger partial charge in [-0.05, 0) is 12.8 Å². The Labute approximate surface area is 103 Å². The molecule has 18 heavy (non-hydrogen) atoms. The molecule has 0 aliphatic carbocycles. The third kappa shape index (κ3) is 3.01. The molecule has 96 valence electrons. The van der Waals surface area contributed by atoms with Crippen molar-refractivity contribution >= 4 is 11.9 Å². The van der Waals surface area contributed by atoms with E-state index in [0.717, 1.165) is 0 Å². The van der Waals surface area contributed by atoms with Crippen molar-refractivity contribution in [3.05, 3.63) is 24.3 Å². The zero-order chi connectivity index (χ0) is 13.0. The fourth-order valence-corrected chi connectivity index (χ4v) is 1.76. The number of amides is 1. The normalized spacial score (nSPS) is 22.7. The first-order chi connectivity index (χ1) is 8.66. The third-order valence-corrected chi connectivity index (χ3v) is 2.70. The van der Waals surface area contributed by atoms with Crippen LogP contribution in [0, 0.1) is 0 Å². The molecule has 1 saturated heterocycles.